The van der Waals surface area contributed by atoms with Gasteiger partial charge in [-0.3, -0.25) is 10.3 Å². The fourth-order valence-corrected chi connectivity index (χ4v) is 2.12. The van der Waals surface area contributed by atoms with E-state index in [1.165, 1.54) is 19.4 Å². The first kappa shape index (κ1) is 17.7. The highest BCUT2D eigenvalue weighted by Crippen LogP contribution is 2.28. The highest BCUT2D eigenvalue weighted by atomic mass is 16.6. The summed E-state index contributed by atoms with van der Waals surface area (Å²) in [6.07, 6.45) is 1.68. The van der Waals surface area contributed by atoms with E-state index in [1.807, 2.05) is 0 Å². The van der Waals surface area contributed by atoms with Crippen molar-refractivity contribution in [3.63, 3.8) is 0 Å². The molecule has 0 fully saturated rings. The molecule has 0 radical (unpaired) electrons. The number of aromatic nitrogens is 1. The highest BCUT2D eigenvalue weighted by Gasteiger charge is 2.27. The molecule has 2 heterocycles. The average Bonchev–Trinajstić information content (AvgIpc) is 2.53. The van der Waals surface area contributed by atoms with E-state index in [0.29, 0.717) is 29.9 Å². The Hall–Kier alpha value is -2.61. The highest BCUT2D eigenvalue weighted by molar-refractivity contribution is 5.99. The topological polar surface area (TPSA) is 113 Å². The van der Waals surface area contributed by atoms with Crippen molar-refractivity contribution in [1.29, 1.82) is 0 Å². The van der Waals surface area contributed by atoms with E-state index in [4.69, 9.17) is 15.3 Å². The number of pyridine rings is 1. The van der Waals surface area contributed by atoms with Crippen molar-refractivity contribution < 1.29 is 23.9 Å². The molecule has 130 valence electrons. The number of esters is 2. The number of hydrogen-bond donors (Lipinski definition) is 2. The Bertz CT molecular complexity index is 691. The molecule has 0 unspecified atom stereocenters. The summed E-state index contributed by atoms with van der Waals surface area (Å²) < 4.78 is 10.1. The molecule has 1 aromatic heterocycles. The molecule has 8 heteroatoms. The molecule has 0 saturated heterocycles. The van der Waals surface area contributed by atoms with Gasteiger partial charge >= 0.3 is 11.9 Å². The lowest BCUT2D eigenvalue weighted by atomic mass is 10.0. The zero-order valence-electron chi connectivity index (χ0n) is 14.1. The molecule has 0 saturated carbocycles. The van der Waals surface area contributed by atoms with Crippen LogP contribution in [0.2, 0.25) is 0 Å². The number of nitrogens with one attached hydrogen (secondary N) is 1. The van der Waals surface area contributed by atoms with E-state index in [0.717, 1.165) is 0 Å². The first-order valence-electron chi connectivity index (χ1n) is 7.41. The predicted molar refractivity (Wildman–Crippen MR) is 86.5 cm³/mol. The molecule has 0 bridgehead atoms. The molecule has 2 rings (SSSR count). The summed E-state index contributed by atoms with van der Waals surface area (Å²) in [5.41, 5.74) is 9.56. The zero-order chi connectivity index (χ0) is 17.9. The minimum Gasteiger partial charge on any atom is -0.464 e. The Labute approximate surface area is 139 Å². The zero-order valence-corrected chi connectivity index (χ0v) is 14.1. The van der Waals surface area contributed by atoms with Crippen molar-refractivity contribution >= 4 is 23.3 Å². The number of ether oxygens (including phenoxy) is 2. The van der Waals surface area contributed by atoms with Crippen molar-refractivity contribution in [2.45, 2.75) is 32.8 Å². The Morgan fingerprint density at radius 2 is 2.04 bits per heavy atom. The third-order valence-corrected chi connectivity index (χ3v) is 3.17. The molecule has 3 N–H and O–H groups in total. The van der Waals surface area contributed by atoms with E-state index in [9.17, 15) is 9.59 Å². The van der Waals surface area contributed by atoms with Crippen LogP contribution in [0.25, 0.3) is 5.70 Å². The fraction of sp³-hybridized carbons (Fsp3) is 0.438. The largest absolute Gasteiger partial charge is 0.464 e. The molecular weight excluding hydrogens is 314 g/mol. The lowest BCUT2D eigenvalue weighted by Gasteiger charge is -2.25. The lowest BCUT2D eigenvalue weighted by molar-refractivity contribution is -0.150. The molecule has 1 aromatic rings. The van der Waals surface area contributed by atoms with Crippen LogP contribution < -0.4 is 11.2 Å². The van der Waals surface area contributed by atoms with E-state index < -0.39 is 17.5 Å². The molecule has 24 heavy (non-hydrogen) atoms. The summed E-state index contributed by atoms with van der Waals surface area (Å²) >= 11 is 0. The van der Waals surface area contributed by atoms with Gasteiger partial charge < -0.3 is 15.2 Å². The summed E-state index contributed by atoms with van der Waals surface area (Å²) in [7, 11) is 1.26. The standard InChI is InChI=1S/C16H21N3O5/c1-16(2,3)24-14(20)9-5-6-23-19-13(9)10-7-12(15(21)22-4)18-8-11(10)17/h7-8,19H,5-6,17H2,1-4H3. The maximum atomic E-state index is 12.5. The Morgan fingerprint density at radius 3 is 2.67 bits per heavy atom. The van der Waals surface area contributed by atoms with Crippen LogP contribution in [0.1, 0.15) is 43.2 Å². The van der Waals surface area contributed by atoms with Crippen LogP contribution in [-0.4, -0.2) is 36.2 Å². The van der Waals surface area contributed by atoms with Gasteiger partial charge in [-0.05, 0) is 26.8 Å². The number of rotatable bonds is 3. The Balaban J connectivity index is 2.49. The van der Waals surface area contributed by atoms with Crippen molar-refractivity contribution in [3.8, 4) is 0 Å². The Kier molecular flexibility index (Phi) is 5.08. The second-order valence-electron chi connectivity index (χ2n) is 6.20. The van der Waals surface area contributed by atoms with Gasteiger partial charge in [-0.2, -0.15) is 0 Å². The number of carbonyl (C=O) groups excluding carboxylic acids is 2. The number of nitrogens with zero attached hydrogens (tertiary/aromatic N) is 1. The van der Waals surface area contributed by atoms with E-state index in [-0.39, 0.29) is 11.4 Å². The molecule has 0 aliphatic carbocycles. The Morgan fingerprint density at radius 1 is 1.33 bits per heavy atom. The number of hydroxylamine groups is 1. The molecule has 1 aliphatic rings. The SMILES string of the molecule is COC(=O)c1cc(C2=C(C(=O)OC(C)(C)C)CCON2)c(N)cn1. The lowest BCUT2D eigenvalue weighted by Crippen LogP contribution is -2.30. The van der Waals surface area contributed by atoms with Gasteiger partial charge in [0.1, 0.15) is 11.3 Å². The van der Waals surface area contributed by atoms with Gasteiger partial charge in [0.25, 0.3) is 0 Å². The average molecular weight is 335 g/mol. The number of anilines is 1. The van der Waals surface area contributed by atoms with Crippen LogP contribution >= 0.6 is 0 Å². The smallest absolute Gasteiger partial charge is 0.356 e. The van der Waals surface area contributed by atoms with Crippen molar-refractivity contribution in [2.24, 2.45) is 0 Å². The molecule has 0 spiro atoms. The molecule has 1 aliphatic heterocycles. The van der Waals surface area contributed by atoms with Crippen LogP contribution in [0, 0.1) is 0 Å². The number of hydrogen-bond acceptors (Lipinski definition) is 8. The van der Waals surface area contributed by atoms with Crippen LogP contribution in [0.15, 0.2) is 17.8 Å². The number of methoxy groups -OCH3 is 1. The quantitative estimate of drug-likeness (QED) is 0.798. The van der Waals surface area contributed by atoms with Gasteiger partial charge in [-0.1, -0.05) is 0 Å². The number of nitrogens with two attached hydrogens (primary N) is 1. The van der Waals surface area contributed by atoms with Gasteiger partial charge in [0.2, 0.25) is 0 Å². The maximum Gasteiger partial charge on any atom is 0.356 e. The summed E-state index contributed by atoms with van der Waals surface area (Å²) in [5.74, 6) is -1.07. The first-order valence-corrected chi connectivity index (χ1v) is 7.41. The maximum absolute atomic E-state index is 12.5. The summed E-state index contributed by atoms with van der Waals surface area (Å²) in [5, 5.41) is 0. The van der Waals surface area contributed by atoms with Gasteiger partial charge in [0.15, 0.2) is 0 Å². The third-order valence-electron chi connectivity index (χ3n) is 3.17. The van der Waals surface area contributed by atoms with Gasteiger partial charge in [0, 0.05) is 12.0 Å². The number of nitrogen functional groups attached to an aromatic ring is 1. The summed E-state index contributed by atoms with van der Waals surface area (Å²) in [6, 6.07) is 1.45. The van der Waals surface area contributed by atoms with Gasteiger partial charge in [-0.25, -0.2) is 14.6 Å². The van der Waals surface area contributed by atoms with Crippen LogP contribution in [0.4, 0.5) is 5.69 Å². The van der Waals surface area contributed by atoms with E-state index >= 15 is 0 Å². The minimum atomic E-state index is -0.630. The van der Waals surface area contributed by atoms with E-state index in [1.54, 1.807) is 20.8 Å². The molecule has 0 aromatic carbocycles. The predicted octanol–water partition coefficient (Wildman–Crippen LogP) is 1.43. The summed E-state index contributed by atoms with van der Waals surface area (Å²) in [6.45, 7) is 5.67. The third kappa shape index (κ3) is 4.02. The molecular formula is C16H21N3O5. The van der Waals surface area contributed by atoms with Gasteiger partial charge in [0.05, 0.1) is 36.9 Å². The van der Waals surface area contributed by atoms with Crippen LogP contribution in [0.5, 0.6) is 0 Å². The molecule has 0 amide bonds. The van der Waals surface area contributed by atoms with Crippen molar-refractivity contribution in [1.82, 2.24) is 10.5 Å². The fourth-order valence-electron chi connectivity index (χ4n) is 2.12. The van der Waals surface area contributed by atoms with Crippen molar-refractivity contribution in [3.05, 3.63) is 29.1 Å². The monoisotopic (exact) mass is 335 g/mol. The normalized spacial score (nSPS) is 14.8. The second kappa shape index (κ2) is 6.88. The van der Waals surface area contributed by atoms with Crippen LogP contribution in [-0.2, 0) is 19.1 Å². The minimum absolute atomic E-state index is 0.0742. The second-order valence-corrected chi connectivity index (χ2v) is 6.20. The summed E-state index contributed by atoms with van der Waals surface area (Å²) in [4.78, 5) is 33.3. The van der Waals surface area contributed by atoms with Crippen LogP contribution in [0.3, 0.4) is 0 Å². The van der Waals surface area contributed by atoms with Gasteiger partial charge in [-0.15, -0.1) is 0 Å². The van der Waals surface area contributed by atoms with Crippen molar-refractivity contribution in [2.75, 3.05) is 19.5 Å². The molecule has 0 atom stereocenters. The van der Waals surface area contributed by atoms with E-state index in [2.05, 4.69) is 15.2 Å². The first-order chi connectivity index (χ1) is 11.2. The molecule has 8 nitrogen and oxygen atoms in total. The number of carbonyl (C=O) groups is 2.